The van der Waals surface area contributed by atoms with Crippen LogP contribution in [0.1, 0.15) is 25.5 Å². The Labute approximate surface area is 200 Å². The summed E-state index contributed by atoms with van der Waals surface area (Å²) in [5.74, 6) is 0. The van der Waals surface area contributed by atoms with E-state index in [1.54, 1.807) is 17.8 Å². The highest BCUT2D eigenvalue weighted by Gasteiger charge is 2.18. The Hall–Kier alpha value is -2.83. The van der Waals surface area contributed by atoms with Crippen molar-refractivity contribution in [2.45, 2.75) is 33.2 Å². The molecule has 190 valence electrons. The first kappa shape index (κ1) is 27.4. The summed E-state index contributed by atoms with van der Waals surface area (Å²) >= 11 is 0. The minimum atomic E-state index is -0.428. The van der Waals surface area contributed by atoms with Crippen LogP contribution in [0.2, 0.25) is 0 Å². The molecule has 2 heterocycles. The van der Waals surface area contributed by atoms with Crippen LogP contribution in [0.3, 0.4) is 0 Å². The molecule has 12 heteroatoms. The summed E-state index contributed by atoms with van der Waals surface area (Å²) in [7, 11) is 1.84. The monoisotopic (exact) mass is 479 g/mol. The Bertz CT molecular complexity index is 864. The molecule has 0 bridgehead atoms. The lowest BCUT2D eigenvalue weighted by atomic mass is 10.1. The summed E-state index contributed by atoms with van der Waals surface area (Å²) in [6.07, 6.45) is 4.28. The summed E-state index contributed by atoms with van der Waals surface area (Å²) in [6, 6.07) is 0. The lowest BCUT2D eigenvalue weighted by Gasteiger charge is -2.28. The van der Waals surface area contributed by atoms with Gasteiger partial charge in [-0.15, -0.1) is 0 Å². The van der Waals surface area contributed by atoms with E-state index in [-0.39, 0.29) is 16.3 Å². The second-order valence-corrected chi connectivity index (χ2v) is 8.47. The van der Waals surface area contributed by atoms with Crippen molar-refractivity contribution in [1.82, 2.24) is 24.5 Å². The second-order valence-electron chi connectivity index (χ2n) is 8.47. The molecule has 0 atom stereocenters. The van der Waals surface area contributed by atoms with Crippen molar-refractivity contribution in [3.05, 3.63) is 56.2 Å². The molecule has 0 aliphatic carbocycles. The zero-order valence-electron chi connectivity index (χ0n) is 20.5. The average Bonchev–Trinajstić information content (AvgIpc) is 3.19. The molecule has 1 aliphatic heterocycles. The zero-order chi connectivity index (χ0) is 25.1. The standard InChI is InChI=1S/C22H37N7O5/c1-5-25(11-12-27-18-22(29(32)33)20(3)23-27)8-6-7-19(2)21(28(30)31)17-24(4)9-10-26-13-15-34-16-14-26/h17-18H,2,5-16H2,1,3-4H3/b21-17+. The number of nitro groups is 2. The van der Waals surface area contributed by atoms with Gasteiger partial charge in [0.1, 0.15) is 11.9 Å². The third-order valence-electron chi connectivity index (χ3n) is 5.94. The van der Waals surface area contributed by atoms with Crippen molar-refractivity contribution in [3.63, 3.8) is 0 Å². The van der Waals surface area contributed by atoms with Crippen molar-refractivity contribution in [2.75, 3.05) is 66.1 Å². The highest BCUT2D eigenvalue weighted by atomic mass is 16.6. The third-order valence-corrected chi connectivity index (χ3v) is 5.94. The Kier molecular flexibility index (Phi) is 11.1. The quantitative estimate of drug-likeness (QED) is 0.211. The van der Waals surface area contributed by atoms with Crippen molar-refractivity contribution in [3.8, 4) is 0 Å². The first-order valence-electron chi connectivity index (χ1n) is 11.7. The first-order chi connectivity index (χ1) is 16.2. The Morgan fingerprint density at radius 1 is 1.24 bits per heavy atom. The van der Waals surface area contributed by atoms with E-state index in [9.17, 15) is 20.2 Å². The van der Waals surface area contributed by atoms with Gasteiger partial charge >= 0.3 is 5.69 Å². The van der Waals surface area contributed by atoms with Gasteiger partial charge in [-0.05, 0) is 32.9 Å². The number of hydrogen-bond acceptors (Lipinski definition) is 9. The number of allylic oxidation sites excluding steroid dienone is 1. The number of aromatic nitrogens is 2. The van der Waals surface area contributed by atoms with Gasteiger partial charge in [0.2, 0.25) is 0 Å². The SMILES string of the molecule is C=C(CCCN(CC)CCn1cc([N+](=O)[O-])c(C)n1)/C(=C\N(C)CCN1CCOCC1)[N+](=O)[O-]. The van der Waals surface area contributed by atoms with Gasteiger partial charge in [0.15, 0.2) is 0 Å². The van der Waals surface area contributed by atoms with Crippen LogP contribution < -0.4 is 0 Å². The van der Waals surface area contributed by atoms with Crippen molar-refractivity contribution >= 4 is 5.69 Å². The number of aryl methyl sites for hydroxylation is 1. The molecule has 1 aliphatic rings. The summed E-state index contributed by atoms with van der Waals surface area (Å²) < 4.78 is 6.94. The molecule has 1 aromatic rings. The van der Waals surface area contributed by atoms with Crippen LogP contribution in [0.5, 0.6) is 0 Å². The number of morpholine rings is 1. The van der Waals surface area contributed by atoms with E-state index in [0.29, 0.717) is 37.3 Å². The molecule has 0 unspecified atom stereocenters. The molecular weight excluding hydrogens is 442 g/mol. The Morgan fingerprint density at radius 2 is 1.94 bits per heavy atom. The van der Waals surface area contributed by atoms with Crippen LogP contribution in [-0.4, -0.2) is 100 Å². The van der Waals surface area contributed by atoms with Crippen LogP contribution in [-0.2, 0) is 11.3 Å². The first-order valence-corrected chi connectivity index (χ1v) is 11.7. The van der Waals surface area contributed by atoms with Gasteiger partial charge in [0, 0.05) is 45.3 Å². The smallest absolute Gasteiger partial charge is 0.309 e. The predicted octanol–water partition coefficient (Wildman–Crippen LogP) is 2.14. The van der Waals surface area contributed by atoms with E-state index in [1.165, 1.54) is 6.20 Å². The van der Waals surface area contributed by atoms with Crippen LogP contribution in [0, 0.1) is 27.2 Å². The third kappa shape index (κ3) is 8.84. The van der Waals surface area contributed by atoms with E-state index in [4.69, 9.17) is 4.74 Å². The maximum absolute atomic E-state index is 11.6. The molecule has 1 saturated heterocycles. The molecule has 0 aromatic carbocycles. The Morgan fingerprint density at radius 3 is 2.53 bits per heavy atom. The van der Waals surface area contributed by atoms with E-state index >= 15 is 0 Å². The number of rotatable bonds is 15. The van der Waals surface area contributed by atoms with E-state index < -0.39 is 4.92 Å². The van der Waals surface area contributed by atoms with Gasteiger partial charge in [-0.1, -0.05) is 13.5 Å². The normalized spacial score (nSPS) is 15.0. The molecule has 1 aromatic heterocycles. The fourth-order valence-electron chi connectivity index (χ4n) is 3.78. The summed E-state index contributed by atoms with van der Waals surface area (Å²) in [5.41, 5.74) is 0.983. The summed E-state index contributed by atoms with van der Waals surface area (Å²) in [4.78, 5) is 28.2. The Balaban J connectivity index is 1.79. The van der Waals surface area contributed by atoms with E-state index in [0.717, 1.165) is 52.4 Å². The van der Waals surface area contributed by atoms with Gasteiger partial charge in [-0.2, -0.15) is 5.10 Å². The zero-order valence-corrected chi connectivity index (χ0v) is 20.5. The van der Waals surface area contributed by atoms with E-state index in [2.05, 4.69) is 21.5 Å². The lowest BCUT2D eigenvalue weighted by molar-refractivity contribution is -0.422. The lowest BCUT2D eigenvalue weighted by Crippen LogP contribution is -2.40. The minimum Gasteiger partial charge on any atom is -0.379 e. The fraction of sp³-hybridized carbons (Fsp3) is 0.682. The van der Waals surface area contributed by atoms with Crippen molar-refractivity contribution in [2.24, 2.45) is 0 Å². The molecule has 0 amide bonds. The topological polar surface area (TPSA) is 123 Å². The number of nitrogens with zero attached hydrogens (tertiary/aromatic N) is 7. The molecular formula is C22H37N7O5. The highest BCUT2D eigenvalue weighted by molar-refractivity contribution is 5.30. The molecule has 1 fully saturated rings. The molecule has 34 heavy (non-hydrogen) atoms. The molecule has 0 spiro atoms. The molecule has 0 N–H and O–H groups in total. The van der Waals surface area contributed by atoms with Gasteiger partial charge < -0.3 is 14.5 Å². The summed E-state index contributed by atoms with van der Waals surface area (Å²) in [5, 5.41) is 26.8. The van der Waals surface area contributed by atoms with Crippen molar-refractivity contribution < 1.29 is 14.6 Å². The maximum Gasteiger partial charge on any atom is 0.309 e. The largest absolute Gasteiger partial charge is 0.379 e. The van der Waals surface area contributed by atoms with Gasteiger partial charge in [-0.3, -0.25) is 29.8 Å². The van der Waals surface area contributed by atoms with Gasteiger partial charge in [-0.25, -0.2) is 0 Å². The number of likely N-dealkylation sites (N-methyl/N-ethyl adjacent to an activating group) is 2. The molecule has 2 rings (SSSR count). The predicted molar refractivity (Wildman–Crippen MR) is 129 cm³/mol. The van der Waals surface area contributed by atoms with Gasteiger partial charge in [0.05, 0.1) is 35.8 Å². The second kappa shape index (κ2) is 13.8. The molecule has 0 radical (unpaired) electrons. The van der Waals surface area contributed by atoms with Crippen LogP contribution in [0.4, 0.5) is 5.69 Å². The van der Waals surface area contributed by atoms with Crippen molar-refractivity contribution in [1.29, 1.82) is 0 Å². The van der Waals surface area contributed by atoms with Crippen LogP contribution >= 0.6 is 0 Å². The van der Waals surface area contributed by atoms with Crippen LogP contribution in [0.15, 0.2) is 30.2 Å². The van der Waals surface area contributed by atoms with E-state index in [1.807, 2.05) is 18.9 Å². The highest BCUT2D eigenvalue weighted by Crippen LogP contribution is 2.17. The average molecular weight is 480 g/mol. The van der Waals surface area contributed by atoms with Crippen LogP contribution in [0.25, 0.3) is 0 Å². The molecule has 0 saturated carbocycles. The van der Waals surface area contributed by atoms with Gasteiger partial charge in [0.25, 0.3) is 5.70 Å². The summed E-state index contributed by atoms with van der Waals surface area (Å²) in [6.45, 7) is 15.2. The number of ether oxygens (including phenoxy) is 1. The minimum absolute atomic E-state index is 0.0216. The molecule has 12 nitrogen and oxygen atoms in total. The number of hydrogen-bond donors (Lipinski definition) is 0. The fourth-order valence-corrected chi connectivity index (χ4v) is 3.78. The maximum atomic E-state index is 11.6.